The highest BCUT2D eigenvalue weighted by molar-refractivity contribution is 5.91. The maximum atomic E-state index is 11.9. The molecular weight excluding hydrogens is 298 g/mol. The molecule has 0 aromatic heterocycles. The van der Waals surface area contributed by atoms with E-state index in [-0.39, 0.29) is 16.6 Å². The molecule has 3 nitrogen and oxygen atoms in total. The number of ketones is 1. The minimum atomic E-state index is -1.37. The molecule has 128 valence electrons. The van der Waals surface area contributed by atoms with Crippen LogP contribution in [-0.2, 0) is 4.79 Å². The second-order valence-electron chi connectivity index (χ2n) is 9.05. The lowest BCUT2D eigenvalue weighted by atomic mass is 9.46. The summed E-state index contributed by atoms with van der Waals surface area (Å²) in [6, 6.07) is 2.20. The molecule has 3 saturated carbocycles. The molecule has 0 spiro atoms. The summed E-state index contributed by atoms with van der Waals surface area (Å²) in [5.41, 5.74) is 0.455. The Kier molecular flexibility index (Phi) is 3.23. The first-order valence-corrected chi connectivity index (χ1v) is 9.32. The molecule has 0 aromatic rings. The van der Waals surface area contributed by atoms with Gasteiger partial charge in [-0.2, -0.15) is 5.26 Å². The van der Waals surface area contributed by atoms with Gasteiger partial charge in [-0.3, -0.25) is 4.79 Å². The van der Waals surface area contributed by atoms with E-state index >= 15 is 0 Å². The highest BCUT2D eigenvalue weighted by Crippen LogP contribution is 2.68. The third-order valence-electron chi connectivity index (χ3n) is 8.32. The van der Waals surface area contributed by atoms with Crippen molar-refractivity contribution in [1.82, 2.24) is 0 Å². The van der Waals surface area contributed by atoms with E-state index in [1.54, 1.807) is 0 Å². The summed E-state index contributed by atoms with van der Waals surface area (Å²) in [5, 5.41) is 20.7. The number of rotatable bonds is 0. The van der Waals surface area contributed by atoms with Gasteiger partial charge in [0.25, 0.3) is 0 Å². The average Bonchev–Trinajstić information content (AvgIpc) is 2.76. The predicted molar refractivity (Wildman–Crippen MR) is 91.8 cm³/mol. The zero-order chi connectivity index (χ0) is 17.3. The predicted octanol–water partition coefficient (Wildman–Crippen LogP) is 3.94. The van der Waals surface area contributed by atoms with Gasteiger partial charge in [-0.1, -0.05) is 26.0 Å². The zero-order valence-electron chi connectivity index (χ0n) is 14.8. The SMILES string of the molecule is C=C1C[C@H]2[C@@H]3CCC4=CC(=O)CC[C@]4(C)[C@@H]3CC[C@]2(C)C1(O)C#N. The highest BCUT2D eigenvalue weighted by Gasteiger charge is 2.65. The quantitative estimate of drug-likeness (QED) is 0.542. The molecule has 6 atom stereocenters. The Balaban J connectivity index is 1.73. The number of nitriles is 1. The van der Waals surface area contributed by atoms with E-state index in [0.717, 1.165) is 38.5 Å². The van der Waals surface area contributed by atoms with Crippen molar-refractivity contribution in [2.75, 3.05) is 0 Å². The summed E-state index contributed by atoms with van der Waals surface area (Å²) in [5.74, 6) is 1.72. The Hall–Kier alpha value is -1.40. The molecule has 1 unspecified atom stereocenters. The van der Waals surface area contributed by atoms with Gasteiger partial charge < -0.3 is 5.11 Å². The number of hydrogen-bond donors (Lipinski definition) is 1. The minimum Gasteiger partial charge on any atom is -0.371 e. The van der Waals surface area contributed by atoms with Crippen LogP contribution in [-0.4, -0.2) is 16.5 Å². The molecule has 0 heterocycles. The number of nitrogens with zero attached hydrogens (tertiary/aromatic N) is 1. The summed E-state index contributed by atoms with van der Waals surface area (Å²) < 4.78 is 0. The summed E-state index contributed by atoms with van der Waals surface area (Å²) in [6.45, 7) is 8.52. The zero-order valence-corrected chi connectivity index (χ0v) is 14.8. The maximum absolute atomic E-state index is 11.9. The normalized spacial score (nSPS) is 50.4. The van der Waals surface area contributed by atoms with Crippen molar-refractivity contribution < 1.29 is 9.90 Å². The lowest BCUT2D eigenvalue weighted by Crippen LogP contribution is -2.54. The fourth-order valence-electron chi connectivity index (χ4n) is 6.73. The summed E-state index contributed by atoms with van der Waals surface area (Å²) in [7, 11) is 0. The van der Waals surface area contributed by atoms with Crippen LogP contribution in [0, 0.1) is 39.9 Å². The number of aliphatic hydroxyl groups is 1. The molecule has 0 saturated heterocycles. The fourth-order valence-corrected chi connectivity index (χ4v) is 6.73. The van der Waals surface area contributed by atoms with E-state index in [1.807, 2.05) is 6.08 Å². The smallest absolute Gasteiger partial charge is 0.178 e. The van der Waals surface area contributed by atoms with Gasteiger partial charge >= 0.3 is 0 Å². The van der Waals surface area contributed by atoms with Crippen LogP contribution in [0.4, 0.5) is 0 Å². The standard InChI is InChI=1S/C21H27NO2/c1-13-10-18-16-5-4-14-11-15(23)6-8-19(14,2)17(16)7-9-20(18,3)21(13,24)12-22/h11,16-18,24H,1,4-10H2,2-3H3/t16-,17-,18+,19+,20+,21?/m1/s1. The van der Waals surface area contributed by atoms with Gasteiger partial charge in [0.1, 0.15) is 6.07 Å². The maximum Gasteiger partial charge on any atom is 0.178 e. The number of hydrogen-bond acceptors (Lipinski definition) is 3. The van der Waals surface area contributed by atoms with Crippen molar-refractivity contribution in [3.63, 3.8) is 0 Å². The largest absolute Gasteiger partial charge is 0.371 e. The van der Waals surface area contributed by atoms with Crippen LogP contribution in [0.2, 0.25) is 0 Å². The summed E-state index contributed by atoms with van der Waals surface area (Å²) in [4.78, 5) is 11.9. The third-order valence-corrected chi connectivity index (χ3v) is 8.32. The molecule has 4 rings (SSSR count). The van der Waals surface area contributed by atoms with E-state index in [4.69, 9.17) is 0 Å². The number of allylic oxidation sites excluding steroid dienone is 1. The Bertz CT molecular complexity index is 701. The second kappa shape index (κ2) is 4.82. The molecule has 0 bridgehead atoms. The van der Waals surface area contributed by atoms with E-state index in [9.17, 15) is 15.2 Å². The lowest BCUT2D eigenvalue weighted by Gasteiger charge is -2.58. The molecule has 4 aliphatic carbocycles. The van der Waals surface area contributed by atoms with Crippen molar-refractivity contribution in [3.8, 4) is 6.07 Å². The Labute approximate surface area is 144 Å². The van der Waals surface area contributed by atoms with Crippen LogP contribution in [0.25, 0.3) is 0 Å². The van der Waals surface area contributed by atoms with E-state index in [0.29, 0.717) is 29.7 Å². The average molecular weight is 325 g/mol. The first-order chi connectivity index (χ1) is 11.3. The van der Waals surface area contributed by atoms with E-state index in [2.05, 4.69) is 26.5 Å². The van der Waals surface area contributed by atoms with Gasteiger partial charge in [-0.15, -0.1) is 0 Å². The molecule has 4 aliphatic rings. The van der Waals surface area contributed by atoms with Crippen LogP contribution >= 0.6 is 0 Å². The van der Waals surface area contributed by atoms with Crippen molar-refractivity contribution in [2.45, 2.75) is 64.4 Å². The number of fused-ring (bicyclic) bond motifs is 5. The highest BCUT2D eigenvalue weighted by atomic mass is 16.3. The van der Waals surface area contributed by atoms with Crippen LogP contribution in [0.5, 0.6) is 0 Å². The van der Waals surface area contributed by atoms with Gasteiger partial charge in [0.2, 0.25) is 0 Å². The molecule has 0 aromatic carbocycles. The van der Waals surface area contributed by atoms with Gasteiger partial charge in [0.05, 0.1) is 0 Å². The fraction of sp³-hybridized carbons (Fsp3) is 0.714. The van der Waals surface area contributed by atoms with E-state index in [1.165, 1.54) is 5.57 Å². The summed E-state index contributed by atoms with van der Waals surface area (Å²) >= 11 is 0. The lowest BCUT2D eigenvalue weighted by molar-refractivity contribution is -0.119. The van der Waals surface area contributed by atoms with Gasteiger partial charge in [-0.05, 0) is 73.3 Å². The van der Waals surface area contributed by atoms with Crippen LogP contribution in [0.3, 0.4) is 0 Å². The first-order valence-electron chi connectivity index (χ1n) is 9.32. The van der Waals surface area contributed by atoms with Crippen LogP contribution < -0.4 is 0 Å². The molecule has 1 N–H and O–H groups in total. The molecule has 3 heteroatoms. The monoisotopic (exact) mass is 325 g/mol. The molecule has 0 radical (unpaired) electrons. The molecule has 3 fully saturated rings. The van der Waals surface area contributed by atoms with Gasteiger partial charge in [0, 0.05) is 11.8 Å². The van der Waals surface area contributed by atoms with E-state index < -0.39 is 5.60 Å². The Morgan fingerprint density at radius 2 is 2.00 bits per heavy atom. The topological polar surface area (TPSA) is 61.1 Å². The molecule has 0 aliphatic heterocycles. The van der Waals surface area contributed by atoms with Crippen molar-refractivity contribution in [1.29, 1.82) is 5.26 Å². The van der Waals surface area contributed by atoms with Gasteiger partial charge in [0.15, 0.2) is 11.4 Å². The molecule has 24 heavy (non-hydrogen) atoms. The Morgan fingerprint density at radius 3 is 2.71 bits per heavy atom. The van der Waals surface area contributed by atoms with Crippen molar-refractivity contribution in [3.05, 3.63) is 23.8 Å². The molecule has 0 amide bonds. The minimum absolute atomic E-state index is 0.132. The second-order valence-corrected chi connectivity index (χ2v) is 9.05. The summed E-state index contributed by atoms with van der Waals surface area (Å²) in [6.07, 6.45) is 8.31. The number of carbonyl (C=O) groups is 1. The van der Waals surface area contributed by atoms with Crippen LogP contribution in [0.1, 0.15) is 58.8 Å². The van der Waals surface area contributed by atoms with Gasteiger partial charge in [-0.25, -0.2) is 0 Å². The van der Waals surface area contributed by atoms with Crippen molar-refractivity contribution in [2.24, 2.45) is 28.6 Å². The van der Waals surface area contributed by atoms with Crippen molar-refractivity contribution >= 4 is 5.78 Å². The third kappa shape index (κ3) is 1.73. The first kappa shape index (κ1) is 16.1. The molecular formula is C21H27NO2. The Morgan fingerprint density at radius 1 is 1.25 bits per heavy atom. The number of carbonyl (C=O) groups excluding carboxylic acids is 1. The van der Waals surface area contributed by atoms with Crippen LogP contribution in [0.15, 0.2) is 23.8 Å².